The van der Waals surface area contributed by atoms with E-state index in [1.165, 1.54) is 32.2 Å². The molecule has 3 fully saturated rings. The van der Waals surface area contributed by atoms with Crippen molar-refractivity contribution in [3.8, 4) is 5.75 Å². The summed E-state index contributed by atoms with van der Waals surface area (Å²) in [4.78, 5) is 17.0. The van der Waals surface area contributed by atoms with Crippen LogP contribution >= 0.6 is 0 Å². The summed E-state index contributed by atoms with van der Waals surface area (Å²) in [6.45, 7) is 2.09. The van der Waals surface area contributed by atoms with Gasteiger partial charge in [0.2, 0.25) is 10.0 Å². The fourth-order valence-corrected chi connectivity index (χ4v) is 6.16. The Morgan fingerprint density at radius 1 is 0.975 bits per heavy atom. The number of sulfonamides is 1. The largest absolute Gasteiger partial charge is 0.495 e. The Morgan fingerprint density at radius 3 is 2.30 bits per heavy atom. The van der Waals surface area contributed by atoms with Gasteiger partial charge in [-0.1, -0.05) is 0 Å². The molecule has 1 amide bonds. The van der Waals surface area contributed by atoms with Gasteiger partial charge in [0.15, 0.2) is 0 Å². The molecule has 0 aromatic heterocycles. The minimum atomic E-state index is -3.60. The number of fused-ring (bicyclic) bond motifs is 1. The fourth-order valence-electron chi connectivity index (χ4n) is 5.53. The lowest BCUT2D eigenvalue weighted by Gasteiger charge is -2.34. The molecule has 2 saturated heterocycles. The number of alkyl halides is 4. The maximum atomic E-state index is 14.1. The van der Waals surface area contributed by atoms with Crippen LogP contribution in [0.3, 0.4) is 0 Å². The first kappa shape index (κ1) is 28.3. The Labute approximate surface area is 230 Å². The van der Waals surface area contributed by atoms with Crippen molar-refractivity contribution < 1.29 is 35.5 Å². The van der Waals surface area contributed by atoms with E-state index in [1.807, 2.05) is 0 Å². The molecule has 2 aromatic carbocycles. The van der Waals surface area contributed by atoms with Gasteiger partial charge >= 0.3 is 0 Å². The second-order valence-electron chi connectivity index (χ2n) is 10.5. The van der Waals surface area contributed by atoms with E-state index in [4.69, 9.17) is 4.74 Å². The van der Waals surface area contributed by atoms with Crippen molar-refractivity contribution in [1.82, 2.24) is 0 Å². The molecule has 218 valence electrons. The van der Waals surface area contributed by atoms with Crippen LogP contribution in [0.4, 0.5) is 40.3 Å². The number of benzene rings is 2. The summed E-state index contributed by atoms with van der Waals surface area (Å²) in [5.74, 6) is -7.14. The number of nitrogens with one attached hydrogen (secondary N) is 2. The summed E-state index contributed by atoms with van der Waals surface area (Å²) in [6.07, 6.45) is -0.317. The van der Waals surface area contributed by atoms with E-state index in [0.717, 1.165) is 0 Å². The van der Waals surface area contributed by atoms with Crippen molar-refractivity contribution in [2.24, 2.45) is 11.8 Å². The molecule has 2 unspecified atom stereocenters. The Hall–Kier alpha value is -3.22. The van der Waals surface area contributed by atoms with Gasteiger partial charge in [-0.2, -0.15) is 0 Å². The number of anilines is 4. The summed E-state index contributed by atoms with van der Waals surface area (Å²) in [5, 5.41) is 2.82. The van der Waals surface area contributed by atoms with Crippen molar-refractivity contribution in [2.45, 2.75) is 38.0 Å². The highest BCUT2D eigenvalue weighted by molar-refractivity contribution is 7.92. The summed E-state index contributed by atoms with van der Waals surface area (Å²) in [5.41, 5.74) is 1.73. The molecule has 1 aliphatic carbocycles. The van der Waals surface area contributed by atoms with Gasteiger partial charge < -0.3 is 19.9 Å². The normalized spacial score (nSPS) is 23.2. The lowest BCUT2D eigenvalue weighted by Crippen LogP contribution is -2.39. The number of carbonyl (C=O) groups is 1. The zero-order chi connectivity index (χ0) is 28.9. The number of nitrogens with zero attached hydrogens (tertiary/aromatic N) is 2. The van der Waals surface area contributed by atoms with Gasteiger partial charge in [-0.3, -0.25) is 9.52 Å². The molecule has 2 aromatic rings. The molecule has 2 heterocycles. The first-order valence-electron chi connectivity index (χ1n) is 13.2. The van der Waals surface area contributed by atoms with E-state index in [0.29, 0.717) is 29.4 Å². The van der Waals surface area contributed by atoms with Crippen molar-refractivity contribution in [1.29, 1.82) is 0 Å². The van der Waals surface area contributed by atoms with Crippen LogP contribution in [0.15, 0.2) is 36.4 Å². The Balaban J connectivity index is 1.42. The third-order valence-corrected chi connectivity index (χ3v) is 9.31. The van der Waals surface area contributed by atoms with E-state index < -0.39 is 39.6 Å². The van der Waals surface area contributed by atoms with E-state index >= 15 is 0 Å². The first-order chi connectivity index (χ1) is 18.8. The highest BCUT2D eigenvalue weighted by Gasteiger charge is 2.69. The topological polar surface area (TPSA) is 91.0 Å². The molecule has 0 bridgehead atoms. The average molecular weight is 585 g/mol. The molecule has 8 nitrogen and oxygen atoms in total. The molecule has 0 radical (unpaired) electrons. The van der Waals surface area contributed by atoms with Gasteiger partial charge in [0.25, 0.3) is 17.8 Å². The zero-order valence-electron chi connectivity index (χ0n) is 22.2. The molecule has 2 atom stereocenters. The zero-order valence-corrected chi connectivity index (χ0v) is 23.0. The first-order valence-corrected chi connectivity index (χ1v) is 14.9. The molecule has 2 N–H and O–H groups in total. The van der Waals surface area contributed by atoms with Gasteiger partial charge in [0.1, 0.15) is 5.75 Å². The number of halogens is 4. The minimum Gasteiger partial charge on any atom is -0.495 e. The van der Waals surface area contributed by atoms with E-state index in [9.17, 15) is 30.8 Å². The minimum absolute atomic E-state index is 0.0498. The molecule has 1 saturated carbocycles. The third-order valence-electron chi connectivity index (χ3n) is 8.00. The molecule has 40 heavy (non-hydrogen) atoms. The second-order valence-corrected chi connectivity index (χ2v) is 12.6. The highest BCUT2D eigenvalue weighted by Crippen LogP contribution is 2.59. The highest BCUT2D eigenvalue weighted by atomic mass is 32.2. The van der Waals surface area contributed by atoms with Gasteiger partial charge in [0, 0.05) is 56.5 Å². The number of rotatable bonds is 8. The Bertz CT molecular complexity index is 1390. The second kappa shape index (κ2) is 10.3. The third kappa shape index (κ3) is 5.65. The van der Waals surface area contributed by atoms with Crippen LogP contribution in [0.25, 0.3) is 0 Å². The quantitative estimate of drug-likeness (QED) is 0.423. The summed E-state index contributed by atoms with van der Waals surface area (Å²) < 4.78 is 87.9. The van der Waals surface area contributed by atoms with Gasteiger partial charge in [-0.25, -0.2) is 26.0 Å². The summed E-state index contributed by atoms with van der Waals surface area (Å²) in [7, 11) is -2.13. The van der Waals surface area contributed by atoms with E-state index in [-0.39, 0.29) is 55.9 Å². The SMILES string of the molecule is CCS(=O)(=O)Nc1ccc(C(=O)Nc2ccc(OC)c(N3CCC(F)(F)CC3)c2)c(N2CCC3C(C2)C3(F)F)c1. The Morgan fingerprint density at radius 2 is 1.65 bits per heavy atom. The van der Waals surface area contributed by atoms with E-state index in [1.54, 1.807) is 28.0 Å². The monoisotopic (exact) mass is 584 g/mol. The summed E-state index contributed by atoms with van der Waals surface area (Å²) >= 11 is 0. The van der Waals surface area contributed by atoms with Crippen LogP contribution in [0.1, 0.15) is 36.5 Å². The lowest BCUT2D eigenvalue weighted by atomic mass is 10.0. The van der Waals surface area contributed by atoms with Crippen LogP contribution in [0, 0.1) is 11.8 Å². The number of methoxy groups -OCH3 is 1. The van der Waals surface area contributed by atoms with Crippen molar-refractivity contribution in [2.75, 3.05) is 58.9 Å². The Kier molecular flexibility index (Phi) is 7.30. The van der Waals surface area contributed by atoms with Crippen LogP contribution in [0.2, 0.25) is 0 Å². The van der Waals surface area contributed by atoms with Crippen molar-refractivity contribution in [3.63, 3.8) is 0 Å². The predicted molar refractivity (Wildman–Crippen MR) is 146 cm³/mol. The number of hydrogen-bond acceptors (Lipinski definition) is 6. The van der Waals surface area contributed by atoms with Crippen LogP contribution in [0.5, 0.6) is 5.75 Å². The molecular formula is C27H32F4N4O4S. The van der Waals surface area contributed by atoms with Crippen molar-refractivity contribution in [3.05, 3.63) is 42.0 Å². The van der Waals surface area contributed by atoms with Crippen molar-refractivity contribution >= 4 is 38.7 Å². The molecule has 0 spiro atoms. The maximum absolute atomic E-state index is 14.1. The van der Waals surface area contributed by atoms with Gasteiger partial charge in [-0.15, -0.1) is 0 Å². The van der Waals surface area contributed by atoms with Crippen LogP contribution in [-0.2, 0) is 10.0 Å². The molecular weight excluding hydrogens is 552 g/mol. The van der Waals surface area contributed by atoms with E-state index in [2.05, 4.69) is 10.0 Å². The number of carbonyl (C=O) groups excluding carboxylic acids is 1. The van der Waals surface area contributed by atoms with Gasteiger partial charge in [-0.05, 0) is 49.7 Å². The number of hydrogen-bond donors (Lipinski definition) is 2. The van der Waals surface area contributed by atoms with Gasteiger partial charge in [0.05, 0.1) is 35.5 Å². The van der Waals surface area contributed by atoms with Crippen LogP contribution < -0.4 is 24.6 Å². The lowest BCUT2D eigenvalue weighted by molar-refractivity contribution is -0.0221. The molecule has 3 aliphatic rings. The number of piperidine rings is 2. The standard InChI is InChI=1S/C27H32F4N4O4S/c1-3-40(37,38)33-18-4-6-19(22(15-18)35-11-8-20-21(16-35)27(20,30)31)25(36)32-17-5-7-24(39-2)23(14-17)34-12-9-26(28,29)10-13-34/h4-7,14-15,20-21,33H,3,8-13,16H2,1-2H3,(H,32,36). The molecule has 13 heteroatoms. The average Bonchev–Trinajstić information content (AvgIpc) is 3.47. The molecule has 2 aliphatic heterocycles. The molecule has 5 rings (SSSR count). The summed E-state index contributed by atoms with van der Waals surface area (Å²) in [6, 6.07) is 9.33. The number of amides is 1. The smallest absolute Gasteiger partial charge is 0.257 e. The predicted octanol–water partition coefficient (Wildman–Crippen LogP) is 5.04. The fraction of sp³-hybridized carbons (Fsp3) is 0.519. The maximum Gasteiger partial charge on any atom is 0.257 e. The number of ether oxygens (including phenoxy) is 1. The van der Waals surface area contributed by atoms with Crippen LogP contribution in [-0.4, -0.2) is 65.2 Å².